The van der Waals surface area contributed by atoms with Gasteiger partial charge in [-0.05, 0) is 46.6 Å². The largest absolute Gasteiger partial charge is 0.325 e. The number of para-hydroxylation sites is 1. The first kappa shape index (κ1) is 12.8. The molecule has 4 heteroatoms. The van der Waals surface area contributed by atoms with Crippen LogP contribution in [0.3, 0.4) is 0 Å². The van der Waals surface area contributed by atoms with Crippen LogP contribution < -0.4 is 5.32 Å². The van der Waals surface area contributed by atoms with Gasteiger partial charge < -0.3 is 5.32 Å². The summed E-state index contributed by atoms with van der Waals surface area (Å²) in [4.78, 5) is 16.1. The molecule has 0 radical (unpaired) electrons. The summed E-state index contributed by atoms with van der Waals surface area (Å²) >= 11 is 3.39. The smallest absolute Gasteiger partial charge is 0.230 e. The van der Waals surface area contributed by atoms with Crippen molar-refractivity contribution in [2.75, 3.05) is 5.32 Å². The fraction of sp³-hybridized carbons (Fsp3) is 0.143. The molecule has 0 atom stereocenters. The summed E-state index contributed by atoms with van der Waals surface area (Å²) in [5, 5.41) is 2.86. The van der Waals surface area contributed by atoms with Crippen molar-refractivity contribution in [3.63, 3.8) is 0 Å². The first-order chi connectivity index (χ1) is 8.66. The number of hydrogen-bond donors (Lipinski definition) is 1. The summed E-state index contributed by atoms with van der Waals surface area (Å²) < 4.78 is 0.871. The van der Waals surface area contributed by atoms with Crippen molar-refractivity contribution in [1.82, 2.24) is 4.98 Å². The number of carbonyl (C=O) groups is 1. The van der Waals surface area contributed by atoms with E-state index >= 15 is 0 Å². The van der Waals surface area contributed by atoms with Gasteiger partial charge in [-0.2, -0.15) is 0 Å². The van der Waals surface area contributed by atoms with Gasteiger partial charge >= 0.3 is 0 Å². The van der Waals surface area contributed by atoms with Gasteiger partial charge in [-0.25, -0.2) is 0 Å². The van der Waals surface area contributed by atoms with Gasteiger partial charge in [0.15, 0.2) is 0 Å². The van der Waals surface area contributed by atoms with E-state index in [-0.39, 0.29) is 12.3 Å². The highest BCUT2D eigenvalue weighted by Crippen LogP contribution is 2.21. The minimum Gasteiger partial charge on any atom is -0.325 e. The zero-order valence-electron chi connectivity index (χ0n) is 9.98. The van der Waals surface area contributed by atoms with E-state index < -0.39 is 0 Å². The third kappa shape index (κ3) is 3.17. The van der Waals surface area contributed by atoms with Crippen molar-refractivity contribution in [2.45, 2.75) is 13.3 Å². The maximum absolute atomic E-state index is 11.9. The third-order valence-corrected chi connectivity index (χ3v) is 3.29. The number of carbonyl (C=O) groups excluding carboxylic acids is 1. The van der Waals surface area contributed by atoms with Crippen molar-refractivity contribution < 1.29 is 4.79 Å². The van der Waals surface area contributed by atoms with E-state index in [1.165, 1.54) is 0 Å². The number of anilines is 1. The van der Waals surface area contributed by atoms with E-state index in [4.69, 9.17) is 0 Å². The van der Waals surface area contributed by atoms with E-state index in [9.17, 15) is 4.79 Å². The van der Waals surface area contributed by atoms with Gasteiger partial charge in [-0.3, -0.25) is 9.78 Å². The first-order valence-electron chi connectivity index (χ1n) is 5.61. The molecule has 0 unspecified atom stereocenters. The lowest BCUT2D eigenvalue weighted by Gasteiger charge is -2.08. The Morgan fingerprint density at radius 2 is 2.06 bits per heavy atom. The van der Waals surface area contributed by atoms with Crippen molar-refractivity contribution in [2.24, 2.45) is 0 Å². The Morgan fingerprint density at radius 1 is 1.28 bits per heavy atom. The second kappa shape index (κ2) is 5.78. The lowest BCUT2D eigenvalue weighted by molar-refractivity contribution is -0.115. The van der Waals surface area contributed by atoms with Gasteiger partial charge in [0.05, 0.1) is 17.8 Å². The summed E-state index contributed by atoms with van der Waals surface area (Å²) in [6, 6.07) is 11.3. The van der Waals surface area contributed by atoms with Crippen LogP contribution in [0, 0.1) is 6.92 Å². The number of aryl methyl sites for hydroxylation is 1. The fourth-order valence-corrected chi connectivity index (χ4v) is 2.00. The van der Waals surface area contributed by atoms with E-state index in [0.717, 1.165) is 21.4 Å². The van der Waals surface area contributed by atoms with Crippen LogP contribution in [0.1, 0.15) is 11.3 Å². The molecule has 0 bridgehead atoms. The second-order valence-electron chi connectivity index (χ2n) is 3.97. The minimum atomic E-state index is -0.0660. The molecule has 1 aromatic heterocycles. The lowest BCUT2D eigenvalue weighted by atomic mass is 10.1. The van der Waals surface area contributed by atoms with E-state index in [2.05, 4.69) is 26.2 Å². The van der Waals surface area contributed by atoms with E-state index in [1.54, 1.807) is 6.20 Å². The maximum Gasteiger partial charge on any atom is 0.230 e. The zero-order valence-corrected chi connectivity index (χ0v) is 11.6. The van der Waals surface area contributed by atoms with Crippen LogP contribution in [-0.4, -0.2) is 10.9 Å². The molecule has 0 aliphatic rings. The van der Waals surface area contributed by atoms with Crippen LogP contribution in [0.15, 0.2) is 47.1 Å². The number of benzene rings is 1. The molecule has 1 heterocycles. The number of hydrogen-bond acceptors (Lipinski definition) is 2. The summed E-state index contributed by atoms with van der Waals surface area (Å²) in [5.74, 6) is -0.0660. The molecule has 2 aromatic rings. The number of aromatic nitrogens is 1. The number of pyridine rings is 1. The average Bonchev–Trinajstić information content (AvgIpc) is 2.35. The average molecular weight is 305 g/mol. The van der Waals surface area contributed by atoms with Crippen molar-refractivity contribution in [3.8, 4) is 0 Å². The number of halogens is 1. The van der Waals surface area contributed by atoms with Gasteiger partial charge in [0.2, 0.25) is 5.91 Å². The topological polar surface area (TPSA) is 42.0 Å². The number of nitrogens with zero attached hydrogens (tertiary/aromatic N) is 1. The van der Waals surface area contributed by atoms with Gasteiger partial charge in [0.1, 0.15) is 0 Å². The molecule has 0 aliphatic heterocycles. The quantitative estimate of drug-likeness (QED) is 0.945. The molecule has 0 aliphatic carbocycles. The number of rotatable bonds is 3. The van der Waals surface area contributed by atoms with Crippen LogP contribution in [-0.2, 0) is 11.2 Å². The van der Waals surface area contributed by atoms with Crippen LogP contribution in [0.25, 0.3) is 0 Å². The molecule has 18 heavy (non-hydrogen) atoms. The molecular weight excluding hydrogens is 292 g/mol. The first-order valence-corrected chi connectivity index (χ1v) is 6.41. The van der Waals surface area contributed by atoms with Crippen LogP contribution in [0.4, 0.5) is 5.69 Å². The fourth-order valence-electron chi connectivity index (χ4n) is 1.61. The molecule has 1 amide bonds. The predicted molar refractivity (Wildman–Crippen MR) is 75.4 cm³/mol. The lowest BCUT2D eigenvalue weighted by Crippen LogP contribution is -2.16. The van der Waals surface area contributed by atoms with Gasteiger partial charge in [0, 0.05) is 10.7 Å². The van der Waals surface area contributed by atoms with Crippen molar-refractivity contribution in [1.29, 1.82) is 0 Å². The highest BCUT2D eigenvalue weighted by atomic mass is 79.9. The van der Waals surface area contributed by atoms with Crippen LogP contribution in [0.5, 0.6) is 0 Å². The Bertz CT molecular complexity index is 520. The zero-order chi connectivity index (χ0) is 13.0. The molecule has 2 rings (SSSR count). The Kier molecular flexibility index (Phi) is 4.10. The summed E-state index contributed by atoms with van der Waals surface area (Å²) in [6.07, 6.45) is 1.99. The van der Waals surface area contributed by atoms with E-state index in [0.29, 0.717) is 0 Å². The van der Waals surface area contributed by atoms with Crippen molar-refractivity contribution in [3.05, 3.63) is 58.3 Å². The normalized spacial score (nSPS) is 10.1. The molecule has 1 N–H and O–H groups in total. The standard InChI is InChI=1S/C14H13BrN2O/c1-10-5-4-8-16-13(10)9-14(18)17-12-7-3-2-6-11(12)15/h2-8H,9H2,1H3,(H,17,18). The molecule has 1 aromatic carbocycles. The van der Waals surface area contributed by atoms with Gasteiger partial charge in [-0.15, -0.1) is 0 Å². The van der Waals surface area contributed by atoms with Crippen LogP contribution >= 0.6 is 15.9 Å². The Hall–Kier alpha value is -1.68. The summed E-state index contributed by atoms with van der Waals surface area (Å²) in [7, 11) is 0. The van der Waals surface area contributed by atoms with E-state index in [1.807, 2.05) is 43.3 Å². The molecule has 92 valence electrons. The number of amides is 1. The molecule has 0 saturated heterocycles. The molecule has 3 nitrogen and oxygen atoms in total. The van der Waals surface area contributed by atoms with Gasteiger partial charge in [-0.1, -0.05) is 18.2 Å². The maximum atomic E-state index is 11.9. The second-order valence-corrected chi connectivity index (χ2v) is 4.83. The van der Waals surface area contributed by atoms with Crippen LogP contribution in [0.2, 0.25) is 0 Å². The summed E-state index contributed by atoms with van der Waals surface area (Å²) in [5.41, 5.74) is 2.61. The molecule has 0 spiro atoms. The predicted octanol–water partition coefficient (Wildman–Crippen LogP) is 3.33. The monoisotopic (exact) mass is 304 g/mol. The molecule has 0 fully saturated rings. The summed E-state index contributed by atoms with van der Waals surface area (Å²) in [6.45, 7) is 1.95. The number of nitrogens with one attached hydrogen (secondary N) is 1. The Balaban J connectivity index is 2.06. The minimum absolute atomic E-state index is 0.0660. The third-order valence-electron chi connectivity index (χ3n) is 2.59. The van der Waals surface area contributed by atoms with Gasteiger partial charge in [0.25, 0.3) is 0 Å². The Morgan fingerprint density at radius 3 is 2.78 bits per heavy atom. The van der Waals surface area contributed by atoms with Crippen molar-refractivity contribution >= 4 is 27.5 Å². The Labute approximate surface area is 114 Å². The molecular formula is C14H13BrN2O. The SMILES string of the molecule is Cc1cccnc1CC(=O)Nc1ccccc1Br. The highest BCUT2D eigenvalue weighted by Gasteiger charge is 2.08. The highest BCUT2D eigenvalue weighted by molar-refractivity contribution is 9.10. The molecule has 0 saturated carbocycles.